The van der Waals surface area contributed by atoms with Crippen molar-refractivity contribution in [1.82, 2.24) is 5.32 Å². The highest BCUT2D eigenvalue weighted by atomic mass is 16.5. The first kappa shape index (κ1) is 15.4. The van der Waals surface area contributed by atoms with E-state index in [1.165, 1.54) is 11.1 Å². The summed E-state index contributed by atoms with van der Waals surface area (Å²) in [6, 6.07) is 16.5. The summed E-state index contributed by atoms with van der Waals surface area (Å²) in [6.45, 7) is 1.96. The third-order valence-electron chi connectivity index (χ3n) is 3.47. The first-order chi connectivity index (χ1) is 10.3. The van der Waals surface area contributed by atoms with E-state index >= 15 is 0 Å². The van der Waals surface area contributed by atoms with E-state index in [0.717, 1.165) is 37.4 Å². The molecule has 0 radical (unpaired) electrons. The number of nitrogens with one attached hydrogen (secondary N) is 1. The van der Waals surface area contributed by atoms with Crippen molar-refractivity contribution in [3.8, 4) is 11.5 Å². The number of benzene rings is 2. The Morgan fingerprint density at radius 3 is 2.10 bits per heavy atom. The van der Waals surface area contributed by atoms with Crippen LogP contribution >= 0.6 is 0 Å². The highest BCUT2D eigenvalue weighted by Crippen LogP contribution is 2.13. The highest BCUT2D eigenvalue weighted by molar-refractivity contribution is 5.29. The topological polar surface area (TPSA) is 30.5 Å². The average Bonchev–Trinajstić information content (AvgIpc) is 2.55. The molecule has 0 saturated carbocycles. The molecule has 0 unspecified atom stereocenters. The van der Waals surface area contributed by atoms with Crippen molar-refractivity contribution in [2.45, 2.75) is 12.8 Å². The summed E-state index contributed by atoms with van der Waals surface area (Å²) in [5.41, 5.74) is 2.62. The van der Waals surface area contributed by atoms with E-state index in [1.807, 2.05) is 24.3 Å². The minimum absolute atomic E-state index is 0.907. The quantitative estimate of drug-likeness (QED) is 0.756. The standard InChI is InChI=1S/C18H23NO2/c1-20-17-8-6-15(7-9-17)10-12-19-13-11-16-4-3-5-18(14-16)21-2/h3-9,14,19H,10-13H2,1-2H3. The fourth-order valence-corrected chi connectivity index (χ4v) is 2.21. The third kappa shape index (κ3) is 5.12. The molecule has 0 atom stereocenters. The average molecular weight is 285 g/mol. The Kier molecular flexibility index (Phi) is 6.10. The molecule has 0 fully saturated rings. The van der Waals surface area contributed by atoms with Crippen LogP contribution in [0.5, 0.6) is 11.5 Å². The third-order valence-corrected chi connectivity index (χ3v) is 3.47. The van der Waals surface area contributed by atoms with Gasteiger partial charge < -0.3 is 14.8 Å². The molecule has 0 amide bonds. The zero-order valence-corrected chi connectivity index (χ0v) is 12.8. The Morgan fingerprint density at radius 2 is 1.43 bits per heavy atom. The van der Waals surface area contributed by atoms with Crippen LogP contribution in [0, 0.1) is 0 Å². The van der Waals surface area contributed by atoms with Crippen LogP contribution in [0.1, 0.15) is 11.1 Å². The van der Waals surface area contributed by atoms with Crippen molar-refractivity contribution in [2.24, 2.45) is 0 Å². The van der Waals surface area contributed by atoms with Gasteiger partial charge in [0.1, 0.15) is 11.5 Å². The van der Waals surface area contributed by atoms with Crippen LogP contribution in [0.4, 0.5) is 0 Å². The maximum Gasteiger partial charge on any atom is 0.119 e. The second-order valence-corrected chi connectivity index (χ2v) is 4.95. The first-order valence-electron chi connectivity index (χ1n) is 7.28. The van der Waals surface area contributed by atoms with Crippen molar-refractivity contribution in [1.29, 1.82) is 0 Å². The van der Waals surface area contributed by atoms with Crippen molar-refractivity contribution < 1.29 is 9.47 Å². The molecule has 112 valence electrons. The summed E-state index contributed by atoms with van der Waals surface area (Å²) in [5.74, 6) is 1.83. The second kappa shape index (κ2) is 8.32. The van der Waals surface area contributed by atoms with Crippen molar-refractivity contribution >= 4 is 0 Å². The Bertz CT molecular complexity index is 537. The lowest BCUT2D eigenvalue weighted by atomic mass is 10.1. The molecule has 1 N–H and O–H groups in total. The zero-order chi connectivity index (χ0) is 14.9. The monoisotopic (exact) mass is 285 g/mol. The van der Waals surface area contributed by atoms with Crippen molar-refractivity contribution in [3.63, 3.8) is 0 Å². The minimum Gasteiger partial charge on any atom is -0.497 e. The Balaban J connectivity index is 1.67. The zero-order valence-electron chi connectivity index (χ0n) is 12.8. The van der Waals surface area contributed by atoms with Gasteiger partial charge >= 0.3 is 0 Å². The molecule has 2 rings (SSSR count). The smallest absolute Gasteiger partial charge is 0.119 e. The fraction of sp³-hybridized carbons (Fsp3) is 0.333. The molecular formula is C18H23NO2. The maximum atomic E-state index is 5.23. The van der Waals surface area contributed by atoms with Crippen LogP contribution in [0.2, 0.25) is 0 Å². The van der Waals surface area contributed by atoms with Crippen LogP contribution < -0.4 is 14.8 Å². The summed E-state index contributed by atoms with van der Waals surface area (Å²) >= 11 is 0. The van der Waals surface area contributed by atoms with Crippen LogP contribution in [-0.4, -0.2) is 27.3 Å². The molecule has 0 saturated heterocycles. The van der Waals surface area contributed by atoms with Gasteiger partial charge in [0.2, 0.25) is 0 Å². The van der Waals surface area contributed by atoms with E-state index in [2.05, 4.69) is 29.6 Å². The largest absolute Gasteiger partial charge is 0.497 e. The Hall–Kier alpha value is -2.00. The Labute approximate surface area is 126 Å². The maximum absolute atomic E-state index is 5.23. The van der Waals surface area contributed by atoms with Crippen molar-refractivity contribution in [3.05, 3.63) is 59.7 Å². The molecule has 0 spiro atoms. The molecule has 2 aromatic carbocycles. The molecule has 21 heavy (non-hydrogen) atoms. The van der Waals surface area contributed by atoms with Crippen LogP contribution in [0.25, 0.3) is 0 Å². The summed E-state index contributed by atoms with van der Waals surface area (Å²) in [6.07, 6.45) is 2.04. The molecule has 0 bridgehead atoms. The van der Waals surface area contributed by atoms with Gasteiger partial charge in [-0.3, -0.25) is 0 Å². The lowest BCUT2D eigenvalue weighted by molar-refractivity contribution is 0.414. The number of methoxy groups -OCH3 is 2. The van der Waals surface area contributed by atoms with E-state index in [1.54, 1.807) is 14.2 Å². The number of ether oxygens (including phenoxy) is 2. The van der Waals surface area contributed by atoms with Gasteiger partial charge in [0, 0.05) is 0 Å². The lowest BCUT2D eigenvalue weighted by Gasteiger charge is -2.07. The molecule has 2 aromatic rings. The molecule has 0 heterocycles. The molecule has 0 aliphatic heterocycles. The van der Waals surface area contributed by atoms with Gasteiger partial charge in [-0.1, -0.05) is 24.3 Å². The molecular weight excluding hydrogens is 262 g/mol. The molecule has 3 heteroatoms. The van der Waals surface area contributed by atoms with Gasteiger partial charge in [-0.25, -0.2) is 0 Å². The minimum atomic E-state index is 0.907. The summed E-state index contributed by atoms with van der Waals surface area (Å²) in [4.78, 5) is 0. The first-order valence-corrected chi connectivity index (χ1v) is 7.28. The normalized spacial score (nSPS) is 10.4. The van der Waals surface area contributed by atoms with Gasteiger partial charge in [0.05, 0.1) is 14.2 Å². The van der Waals surface area contributed by atoms with E-state index in [0.29, 0.717) is 0 Å². The Morgan fingerprint density at radius 1 is 0.762 bits per heavy atom. The fourth-order valence-electron chi connectivity index (χ4n) is 2.21. The van der Waals surface area contributed by atoms with Crippen LogP contribution in [0.3, 0.4) is 0 Å². The van der Waals surface area contributed by atoms with Crippen LogP contribution in [-0.2, 0) is 12.8 Å². The number of hydrogen-bond acceptors (Lipinski definition) is 3. The molecule has 0 aromatic heterocycles. The second-order valence-electron chi connectivity index (χ2n) is 4.95. The van der Waals surface area contributed by atoms with Gasteiger partial charge in [-0.15, -0.1) is 0 Å². The van der Waals surface area contributed by atoms with Gasteiger partial charge in [0.25, 0.3) is 0 Å². The molecule has 3 nitrogen and oxygen atoms in total. The molecule has 0 aliphatic carbocycles. The summed E-state index contributed by atoms with van der Waals surface area (Å²) < 4.78 is 10.4. The van der Waals surface area contributed by atoms with E-state index < -0.39 is 0 Å². The lowest BCUT2D eigenvalue weighted by Crippen LogP contribution is -2.20. The predicted molar refractivity (Wildman–Crippen MR) is 86.3 cm³/mol. The number of hydrogen-bond donors (Lipinski definition) is 1. The predicted octanol–water partition coefficient (Wildman–Crippen LogP) is 3.08. The van der Waals surface area contributed by atoms with Crippen molar-refractivity contribution in [2.75, 3.05) is 27.3 Å². The van der Waals surface area contributed by atoms with Gasteiger partial charge in [0.15, 0.2) is 0 Å². The number of rotatable bonds is 8. The summed E-state index contributed by atoms with van der Waals surface area (Å²) in [7, 11) is 3.39. The van der Waals surface area contributed by atoms with E-state index in [-0.39, 0.29) is 0 Å². The van der Waals surface area contributed by atoms with E-state index in [4.69, 9.17) is 9.47 Å². The van der Waals surface area contributed by atoms with Gasteiger partial charge in [-0.2, -0.15) is 0 Å². The highest BCUT2D eigenvalue weighted by Gasteiger charge is 1.97. The van der Waals surface area contributed by atoms with Gasteiger partial charge in [-0.05, 0) is 61.3 Å². The molecule has 0 aliphatic rings. The SMILES string of the molecule is COc1ccc(CCNCCc2cccc(OC)c2)cc1. The van der Waals surface area contributed by atoms with Crippen LogP contribution in [0.15, 0.2) is 48.5 Å². The summed E-state index contributed by atoms with van der Waals surface area (Å²) in [5, 5.41) is 3.48. The van der Waals surface area contributed by atoms with E-state index in [9.17, 15) is 0 Å².